The highest BCUT2D eigenvalue weighted by atomic mass is 32.2. The summed E-state index contributed by atoms with van der Waals surface area (Å²) in [7, 11) is -3.89. The van der Waals surface area contributed by atoms with Gasteiger partial charge in [0, 0.05) is 23.5 Å². The summed E-state index contributed by atoms with van der Waals surface area (Å²) in [6.45, 7) is 3.76. The van der Waals surface area contributed by atoms with E-state index in [4.69, 9.17) is 9.57 Å². The fourth-order valence-electron chi connectivity index (χ4n) is 8.63. The van der Waals surface area contributed by atoms with Crippen LogP contribution in [0.2, 0.25) is 0 Å². The number of carbonyl (C=O) groups is 4. The molecule has 1 saturated heterocycles. The maximum absolute atomic E-state index is 14.7. The summed E-state index contributed by atoms with van der Waals surface area (Å²) in [5.41, 5.74) is 5.67. The molecule has 3 N–H and O–H groups in total. The maximum Gasteiger partial charge on any atom is 0.426 e. The minimum atomic E-state index is -3.89. The second kappa shape index (κ2) is 15.0. The van der Waals surface area contributed by atoms with Crippen LogP contribution >= 0.6 is 0 Å². The second-order valence-corrected chi connectivity index (χ2v) is 17.7. The number of benzene rings is 2. The van der Waals surface area contributed by atoms with Gasteiger partial charge in [-0.05, 0) is 68.9 Å². The van der Waals surface area contributed by atoms with Gasteiger partial charge >= 0.3 is 12.1 Å². The third-order valence-electron chi connectivity index (χ3n) is 11.9. The van der Waals surface area contributed by atoms with Gasteiger partial charge in [0.25, 0.3) is 5.91 Å². The number of carbonyl (C=O) groups excluding carboxylic acids is 4. The number of nitrogens with zero attached hydrogens (tertiary/aromatic N) is 3. The Labute approximate surface area is 321 Å². The van der Waals surface area contributed by atoms with Crippen LogP contribution in [0.25, 0.3) is 11.1 Å². The molecule has 5 aliphatic carbocycles. The van der Waals surface area contributed by atoms with E-state index < -0.39 is 62.8 Å². The first kappa shape index (κ1) is 37.0. The normalized spacial score (nSPS) is 26.0. The van der Waals surface area contributed by atoms with E-state index in [0.717, 1.165) is 67.2 Å². The molecule has 2 aromatic rings. The van der Waals surface area contributed by atoms with E-state index in [9.17, 15) is 27.6 Å². The van der Waals surface area contributed by atoms with Gasteiger partial charge in [0.05, 0.1) is 17.8 Å². The Morgan fingerprint density at radius 1 is 0.855 bits per heavy atom. The predicted molar refractivity (Wildman–Crippen MR) is 203 cm³/mol. The van der Waals surface area contributed by atoms with Crippen molar-refractivity contribution < 1.29 is 37.2 Å². The first-order chi connectivity index (χ1) is 26.6. The van der Waals surface area contributed by atoms with Crippen LogP contribution in [0.1, 0.15) is 94.6 Å². The SMILES string of the molecule is C=C[C@@H]1CC1(NC(=O)[C@@H]1CC(ON=C2c3ccccc3-c3ccccc32)CN1C(=O)N(NC(=O)OC1CCCC1)C1CCCCC1)C(=O)NS(=O)(=O)C1CC1. The van der Waals surface area contributed by atoms with Crippen LogP contribution in [0.5, 0.6) is 0 Å². The number of fused-ring (bicyclic) bond motifs is 3. The molecule has 8 rings (SSSR count). The Bertz CT molecular complexity index is 1960. The number of hydrogen-bond donors (Lipinski definition) is 3. The minimum absolute atomic E-state index is 0.0273. The molecule has 0 spiro atoms. The lowest BCUT2D eigenvalue weighted by atomic mass is 9.95. The van der Waals surface area contributed by atoms with Crippen molar-refractivity contribution >= 4 is 39.7 Å². The molecule has 2 unspecified atom stereocenters. The van der Waals surface area contributed by atoms with Crippen LogP contribution in [0, 0.1) is 5.92 Å². The van der Waals surface area contributed by atoms with E-state index >= 15 is 0 Å². The van der Waals surface area contributed by atoms with Gasteiger partial charge in [-0.1, -0.05) is 79.0 Å². The molecule has 55 heavy (non-hydrogen) atoms. The quantitative estimate of drug-likeness (QED) is 0.193. The summed E-state index contributed by atoms with van der Waals surface area (Å²) >= 11 is 0. The number of rotatable bonds is 10. The van der Waals surface area contributed by atoms with Crippen molar-refractivity contribution in [2.75, 3.05) is 6.54 Å². The van der Waals surface area contributed by atoms with Crippen molar-refractivity contribution in [2.45, 2.75) is 119 Å². The summed E-state index contributed by atoms with van der Waals surface area (Å²) < 4.78 is 33.4. The summed E-state index contributed by atoms with van der Waals surface area (Å²) in [5, 5.41) is 8.12. The second-order valence-electron chi connectivity index (χ2n) is 15.7. The van der Waals surface area contributed by atoms with Gasteiger partial charge in [0.2, 0.25) is 15.9 Å². The average molecular weight is 773 g/mol. The number of hydrogen-bond acceptors (Lipinski definition) is 9. The third kappa shape index (κ3) is 7.42. The average Bonchev–Trinajstić information content (AvgIpc) is 4.03. The molecule has 1 heterocycles. The molecule has 14 nitrogen and oxygen atoms in total. The van der Waals surface area contributed by atoms with Gasteiger partial charge in [0.15, 0.2) is 0 Å². The molecule has 0 radical (unpaired) electrons. The number of sulfonamides is 1. The van der Waals surface area contributed by atoms with Crippen LogP contribution < -0.4 is 15.5 Å². The number of nitrogens with one attached hydrogen (secondary N) is 3. The minimum Gasteiger partial charge on any atom is -0.445 e. The topological polar surface area (TPSA) is 176 Å². The molecule has 6 aliphatic rings. The number of urea groups is 1. The highest BCUT2D eigenvalue weighted by Gasteiger charge is 2.62. The number of ether oxygens (including phenoxy) is 1. The molecule has 2 aromatic carbocycles. The van der Waals surface area contributed by atoms with E-state index in [1.54, 1.807) is 0 Å². The Hall–Kier alpha value is -4.92. The van der Waals surface area contributed by atoms with Gasteiger partial charge in [-0.15, -0.1) is 6.58 Å². The molecule has 292 valence electrons. The number of likely N-dealkylation sites (tertiary alicyclic amines) is 1. The van der Waals surface area contributed by atoms with Gasteiger partial charge in [-0.3, -0.25) is 14.3 Å². The van der Waals surface area contributed by atoms with Gasteiger partial charge in [-0.25, -0.2) is 28.4 Å². The fourth-order valence-corrected chi connectivity index (χ4v) is 9.99. The monoisotopic (exact) mass is 772 g/mol. The highest BCUT2D eigenvalue weighted by molar-refractivity contribution is 7.91. The molecule has 5 fully saturated rings. The lowest BCUT2D eigenvalue weighted by molar-refractivity contribution is -0.131. The Morgan fingerprint density at radius 2 is 1.47 bits per heavy atom. The fraction of sp³-hybridized carbons (Fsp3) is 0.525. The molecule has 5 amide bonds. The third-order valence-corrected chi connectivity index (χ3v) is 13.8. The lowest BCUT2D eigenvalue weighted by Crippen LogP contribution is -2.61. The standard InChI is InChI=1S/C40H48N6O8S/c1-2-25-23-40(25,37(48)44-55(51,52)29-20-21-29)41-36(47)34-22-28(54-43-35-32-18-10-8-16-30(32)31-17-9-11-19-33(31)35)24-45(34)39(50)46(26-12-4-3-5-13-26)42-38(49)53-27-14-6-7-15-27/h2,8-11,16-19,25-29,34H,1,3-7,12-15,20-24H2,(H,41,47)(H,42,49)(H,44,48)/t25-,28?,34+,40?/m1/s1. The van der Waals surface area contributed by atoms with E-state index in [2.05, 4.69) is 27.2 Å². The Balaban J connectivity index is 1.07. The molecule has 0 bridgehead atoms. The molecular formula is C40H48N6O8S. The predicted octanol–water partition coefficient (Wildman–Crippen LogP) is 4.89. The number of oxime groups is 1. The van der Waals surface area contributed by atoms with Crippen LogP contribution in [-0.2, 0) is 29.2 Å². The van der Waals surface area contributed by atoms with Crippen LogP contribution in [0.3, 0.4) is 0 Å². The Morgan fingerprint density at radius 3 is 2.07 bits per heavy atom. The van der Waals surface area contributed by atoms with E-state index in [1.165, 1.54) is 16.0 Å². The zero-order valence-electron chi connectivity index (χ0n) is 30.8. The molecule has 4 saturated carbocycles. The summed E-state index contributed by atoms with van der Waals surface area (Å²) in [5.74, 6) is -1.99. The summed E-state index contributed by atoms with van der Waals surface area (Å²) in [6, 6.07) is 13.7. The van der Waals surface area contributed by atoms with Crippen molar-refractivity contribution in [3.05, 3.63) is 72.3 Å². The zero-order chi connectivity index (χ0) is 38.3. The van der Waals surface area contributed by atoms with Crippen molar-refractivity contribution in [3.63, 3.8) is 0 Å². The lowest BCUT2D eigenvalue weighted by Gasteiger charge is -2.37. The van der Waals surface area contributed by atoms with Crippen LogP contribution in [-0.4, -0.2) is 89.6 Å². The van der Waals surface area contributed by atoms with E-state index in [-0.39, 0.29) is 31.5 Å². The first-order valence-electron chi connectivity index (χ1n) is 19.6. The van der Waals surface area contributed by atoms with Crippen LogP contribution in [0.4, 0.5) is 9.59 Å². The molecule has 15 heteroatoms. The van der Waals surface area contributed by atoms with E-state index in [1.807, 2.05) is 48.5 Å². The van der Waals surface area contributed by atoms with Gasteiger partial charge in [0.1, 0.15) is 29.5 Å². The van der Waals surface area contributed by atoms with Crippen molar-refractivity contribution in [3.8, 4) is 11.1 Å². The molecule has 1 aliphatic heterocycles. The smallest absolute Gasteiger partial charge is 0.426 e. The zero-order valence-corrected chi connectivity index (χ0v) is 31.6. The maximum atomic E-state index is 14.7. The summed E-state index contributed by atoms with van der Waals surface area (Å²) in [4.78, 5) is 63.4. The molecular weight excluding hydrogens is 725 g/mol. The van der Waals surface area contributed by atoms with Gasteiger partial charge < -0.3 is 19.8 Å². The van der Waals surface area contributed by atoms with Crippen LogP contribution in [0.15, 0.2) is 66.3 Å². The van der Waals surface area contributed by atoms with E-state index in [0.29, 0.717) is 31.4 Å². The largest absolute Gasteiger partial charge is 0.445 e. The summed E-state index contributed by atoms with van der Waals surface area (Å²) in [6.07, 6.45) is 8.48. The number of hydrazine groups is 1. The number of amides is 5. The van der Waals surface area contributed by atoms with Gasteiger partial charge in [-0.2, -0.15) is 0 Å². The molecule has 4 atom stereocenters. The first-order valence-corrected chi connectivity index (χ1v) is 21.1. The van der Waals surface area contributed by atoms with Crippen molar-refractivity contribution in [2.24, 2.45) is 11.1 Å². The molecule has 0 aromatic heterocycles. The van der Waals surface area contributed by atoms with Crippen molar-refractivity contribution in [1.82, 2.24) is 25.4 Å². The Kier molecular flexibility index (Phi) is 10.1. The highest BCUT2D eigenvalue weighted by Crippen LogP contribution is 2.46. The van der Waals surface area contributed by atoms with Crippen molar-refractivity contribution in [1.29, 1.82) is 0 Å².